The van der Waals surface area contributed by atoms with E-state index in [0.29, 0.717) is 11.6 Å². The third-order valence-electron chi connectivity index (χ3n) is 6.22. The number of nitrogens with one attached hydrogen (secondary N) is 1. The van der Waals surface area contributed by atoms with Crippen molar-refractivity contribution in [2.75, 3.05) is 31.1 Å². The van der Waals surface area contributed by atoms with Crippen molar-refractivity contribution in [3.05, 3.63) is 35.4 Å². The van der Waals surface area contributed by atoms with E-state index in [9.17, 15) is 4.79 Å². The molecular weight excluding hydrogens is 362 g/mol. The molecule has 6 nitrogen and oxygen atoms in total. The Bertz CT molecular complexity index is 867. The smallest absolute Gasteiger partial charge is 0.256 e. The predicted octanol–water partition coefficient (Wildman–Crippen LogP) is 3.03. The Morgan fingerprint density at radius 2 is 1.86 bits per heavy atom. The Hall–Kier alpha value is -2.18. The number of hydrogen-bond acceptors (Lipinski definition) is 5. The van der Waals surface area contributed by atoms with Crippen molar-refractivity contribution in [2.24, 2.45) is 5.73 Å². The highest BCUT2D eigenvalue weighted by atomic mass is 16.1. The fraction of sp³-hybridized carbons (Fsp3) is 0.565. The minimum atomic E-state index is -0.395. The second-order valence-corrected chi connectivity index (χ2v) is 8.63. The topological polar surface area (TPSA) is 74.5 Å². The Kier molecular flexibility index (Phi) is 6.01. The van der Waals surface area contributed by atoms with Crippen LogP contribution in [0.5, 0.6) is 0 Å². The molecule has 0 spiro atoms. The van der Waals surface area contributed by atoms with Gasteiger partial charge in [0.2, 0.25) is 0 Å². The fourth-order valence-electron chi connectivity index (χ4n) is 4.70. The number of aromatic nitrogens is 1. The molecule has 0 aliphatic carbocycles. The molecule has 6 heteroatoms. The van der Waals surface area contributed by atoms with Crippen LogP contribution in [0.15, 0.2) is 24.3 Å². The molecular formula is C23H33N5O. The molecule has 1 aromatic heterocycles. The average Bonchev–Trinajstić information content (AvgIpc) is 2.73. The first-order valence-electron chi connectivity index (χ1n) is 11.0. The number of nitrogens with two attached hydrogens (primary N) is 1. The van der Waals surface area contributed by atoms with Gasteiger partial charge in [-0.2, -0.15) is 0 Å². The molecule has 0 bridgehead atoms. The summed E-state index contributed by atoms with van der Waals surface area (Å²) in [6.45, 7) is 8.18. The molecule has 2 fully saturated rings. The van der Waals surface area contributed by atoms with Gasteiger partial charge in [-0.15, -0.1) is 0 Å². The predicted molar refractivity (Wildman–Crippen MR) is 118 cm³/mol. The van der Waals surface area contributed by atoms with Crippen LogP contribution in [0.3, 0.4) is 0 Å². The van der Waals surface area contributed by atoms with E-state index in [1.165, 1.54) is 32.4 Å². The van der Waals surface area contributed by atoms with E-state index >= 15 is 0 Å². The Labute approximate surface area is 173 Å². The van der Waals surface area contributed by atoms with Gasteiger partial charge in [-0.25, -0.2) is 4.98 Å². The second kappa shape index (κ2) is 8.67. The van der Waals surface area contributed by atoms with Crippen LogP contribution in [0.25, 0.3) is 10.9 Å². The van der Waals surface area contributed by atoms with E-state index in [0.717, 1.165) is 48.2 Å². The largest absolute Gasteiger partial charge is 0.356 e. The summed E-state index contributed by atoms with van der Waals surface area (Å²) in [5.41, 5.74) is 8.54. The summed E-state index contributed by atoms with van der Waals surface area (Å²) in [5.74, 6) is 0.639. The molecule has 2 saturated heterocycles. The number of rotatable bonds is 4. The van der Waals surface area contributed by atoms with Gasteiger partial charge in [-0.05, 0) is 70.8 Å². The molecule has 2 aliphatic heterocycles. The number of aryl methyl sites for hydroxylation is 1. The van der Waals surface area contributed by atoms with Crippen LogP contribution in [-0.2, 0) is 0 Å². The maximum atomic E-state index is 12.9. The van der Waals surface area contributed by atoms with E-state index in [2.05, 4.69) is 34.2 Å². The van der Waals surface area contributed by atoms with E-state index < -0.39 is 6.17 Å². The lowest BCUT2D eigenvalue weighted by atomic mass is 9.99. The second-order valence-electron chi connectivity index (χ2n) is 8.63. The van der Waals surface area contributed by atoms with Crippen molar-refractivity contribution in [1.29, 1.82) is 0 Å². The summed E-state index contributed by atoms with van der Waals surface area (Å²) >= 11 is 0. The quantitative estimate of drug-likeness (QED) is 0.779. The van der Waals surface area contributed by atoms with Crippen molar-refractivity contribution < 1.29 is 4.79 Å². The standard InChI is InChI=1S/C23H33N5O/c1-16-6-7-21-18(14-16)15-20(23(29)25-17(2)24)22(26-21)28-12-8-19(9-13-28)27-10-4-3-5-11-27/h6-7,14-15,17,19H,3-5,8-13,24H2,1-2H3,(H,25,29). The van der Waals surface area contributed by atoms with Crippen LogP contribution < -0.4 is 16.0 Å². The summed E-state index contributed by atoms with van der Waals surface area (Å²) in [6.07, 6.45) is 5.88. The van der Waals surface area contributed by atoms with Gasteiger partial charge < -0.3 is 20.9 Å². The van der Waals surface area contributed by atoms with Gasteiger partial charge in [-0.1, -0.05) is 18.1 Å². The summed E-state index contributed by atoms with van der Waals surface area (Å²) < 4.78 is 0. The Morgan fingerprint density at radius 1 is 1.14 bits per heavy atom. The highest BCUT2D eigenvalue weighted by Gasteiger charge is 2.28. The highest BCUT2D eigenvalue weighted by molar-refractivity contribution is 6.02. The van der Waals surface area contributed by atoms with Crippen LogP contribution in [0.2, 0.25) is 0 Å². The molecule has 1 amide bonds. The van der Waals surface area contributed by atoms with Gasteiger partial charge in [0.25, 0.3) is 5.91 Å². The first-order chi connectivity index (χ1) is 14.0. The van der Waals surface area contributed by atoms with E-state index in [-0.39, 0.29) is 5.91 Å². The molecule has 3 N–H and O–H groups in total. The number of anilines is 1. The molecule has 0 radical (unpaired) electrons. The van der Waals surface area contributed by atoms with E-state index in [1.54, 1.807) is 6.92 Å². The molecule has 1 aromatic carbocycles. The number of nitrogens with zero attached hydrogens (tertiary/aromatic N) is 3. The number of pyridine rings is 1. The normalized spacial score (nSPS) is 20.0. The number of carbonyl (C=O) groups excluding carboxylic acids is 1. The van der Waals surface area contributed by atoms with Crippen LogP contribution in [0.1, 0.15) is 54.9 Å². The molecule has 1 atom stereocenters. The maximum Gasteiger partial charge on any atom is 0.256 e. The third-order valence-corrected chi connectivity index (χ3v) is 6.22. The van der Waals surface area contributed by atoms with Crippen LogP contribution in [0, 0.1) is 6.92 Å². The fourth-order valence-corrected chi connectivity index (χ4v) is 4.70. The van der Waals surface area contributed by atoms with Crippen molar-refractivity contribution in [3.8, 4) is 0 Å². The van der Waals surface area contributed by atoms with Gasteiger partial charge in [0, 0.05) is 24.5 Å². The molecule has 29 heavy (non-hydrogen) atoms. The average molecular weight is 396 g/mol. The molecule has 4 rings (SSSR count). The highest BCUT2D eigenvalue weighted by Crippen LogP contribution is 2.29. The van der Waals surface area contributed by atoms with Gasteiger partial charge in [0.15, 0.2) is 0 Å². The van der Waals surface area contributed by atoms with Crippen molar-refractivity contribution >= 4 is 22.6 Å². The van der Waals surface area contributed by atoms with Gasteiger partial charge in [0.1, 0.15) is 5.82 Å². The Balaban J connectivity index is 1.59. The maximum absolute atomic E-state index is 12.9. The van der Waals surface area contributed by atoms with Crippen LogP contribution in [0.4, 0.5) is 5.82 Å². The molecule has 3 heterocycles. The van der Waals surface area contributed by atoms with Gasteiger partial charge >= 0.3 is 0 Å². The lowest BCUT2D eigenvalue weighted by molar-refractivity contribution is 0.0941. The number of hydrogen-bond donors (Lipinski definition) is 2. The van der Waals surface area contributed by atoms with Crippen LogP contribution >= 0.6 is 0 Å². The summed E-state index contributed by atoms with van der Waals surface area (Å²) in [4.78, 5) is 22.8. The minimum absolute atomic E-state index is 0.149. The summed E-state index contributed by atoms with van der Waals surface area (Å²) in [6, 6.07) is 8.83. The van der Waals surface area contributed by atoms with Gasteiger partial charge in [-0.3, -0.25) is 4.79 Å². The number of benzene rings is 1. The SMILES string of the molecule is Cc1ccc2nc(N3CCC(N4CCCCC4)CC3)c(C(=O)NC(C)N)cc2c1. The lowest BCUT2D eigenvalue weighted by Crippen LogP contribution is -2.47. The first-order valence-corrected chi connectivity index (χ1v) is 11.0. The molecule has 2 aliphatic rings. The number of likely N-dealkylation sites (tertiary alicyclic amines) is 1. The third kappa shape index (κ3) is 4.54. The first kappa shape index (κ1) is 20.1. The molecule has 0 saturated carbocycles. The van der Waals surface area contributed by atoms with E-state index in [1.807, 2.05) is 12.1 Å². The van der Waals surface area contributed by atoms with Crippen molar-refractivity contribution in [3.63, 3.8) is 0 Å². The molecule has 156 valence electrons. The zero-order chi connectivity index (χ0) is 20.4. The number of amides is 1. The summed E-state index contributed by atoms with van der Waals surface area (Å²) in [7, 11) is 0. The lowest BCUT2D eigenvalue weighted by Gasteiger charge is -2.41. The Morgan fingerprint density at radius 3 is 2.55 bits per heavy atom. The molecule has 2 aromatic rings. The number of piperidine rings is 2. The van der Waals surface area contributed by atoms with Crippen molar-refractivity contribution in [2.45, 2.75) is 58.2 Å². The minimum Gasteiger partial charge on any atom is -0.356 e. The van der Waals surface area contributed by atoms with E-state index in [4.69, 9.17) is 10.7 Å². The number of fused-ring (bicyclic) bond motifs is 1. The monoisotopic (exact) mass is 395 g/mol. The summed E-state index contributed by atoms with van der Waals surface area (Å²) in [5, 5.41) is 3.83. The zero-order valence-corrected chi connectivity index (χ0v) is 17.7. The molecule has 1 unspecified atom stereocenters. The van der Waals surface area contributed by atoms with Gasteiger partial charge in [0.05, 0.1) is 17.2 Å². The number of carbonyl (C=O) groups is 1. The van der Waals surface area contributed by atoms with Crippen LogP contribution in [-0.4, -0.2) is 54.2 Å². The van der Waals surface area contributed by atoms with Crippen molar-refractivity contribution in [1.82, 2.24) is 15.2 Å². The zero-order valence-electron chi connectivity index (χ0n) is 17.7.